The molecule has 0 atom stereocenters. The van der Waals surface area contributed by atoms with Gasteiger partial charge in [0, 0.05) is 13.2 Å². The van der Waals surface area contributed by atoms with Crippen LogP contribution >= 0.6 is 0 Å². The minimum atomic E-state index is 0.118. The maximum atomic E-state index is 6.08. The van der Waals surface area contributed by atoms with Crippen molar-refractivity contribution in [3.8, 4) is 5.75 Å². The summed E-state index contributed by atoms with van der Waals surface area (Å²) < 4.78 is 11.2. The first-order valence-corrected chi connectivity index (χ1v) is 7.37. The summed E-state index contributed by atoms with van der Waals surface area (Å²) in [5, 5.41) is 3.28. The largest absolute Gasteiger partial charge is 0.489 e. The lowest BCUT2D eigenvalue weighted by Crippen LogP contribution is -2.13. The Hall–Kier alpha value is -1.42. The van der Waals surface area contributed by atoms with Crippen molar-refractivity contribution in [1.29, 1.82) is 0 Å². The lowest BCUT2D eigenvalue weighted by atomic mass is 10.1. The minimum absolute atomic E-state index is 0.118. The molecule has 1 rings (SSSR count). The van der Waals surface area contributed by atoms with Gasteiger partial charge in [0.1, 0.15) is 5.75 Å². The maximum Gasteiger partial charge on any atom is 0.144 e. The van der Waals surface area contributed by atoms with Crippen LogP contribution in [0.1, 0.15) is 34.1 Å². The predicted octanol–water partition coefficient (Wildman–Crippen LogP) is 3.53. The van der Waals surface area contributed by atoms with Gasteiger partial charge in [-0.05, 0) is 38.3 Å². The van der Waals surface area contributed by atoms with Gasteiger partial charge < -0.3 is 20.5 Å². The SMILES string of the molecule is CC(C)CCOCCNc1cccc(OC(C)C)c1N. The van der Waals surface area contributed by atoms with Crippen LogP contribution in [0.5, 0.6) is 5.75 Å². The molecular weight excluding hydrogens is 252 g/mol. The standard InChI is InChI=1S/C16H28N2O2/c1-12(2)8-10-19-11-9-18-14-6-5-7-15(16(14)17)20-13(3)4/h5-7,12-13,18H,8-11,17H2,1-4H3. The van der Waals surface area contributed by atoms with E-state index in [2.05, 4.69) is 19.2 Å². The summed E-state index contributed by atoms with van der Waals surface area (Å²) in [7, 11) is 0. The average molecular weight is 280 g/mol. The minimum Gasteiger partial charge on any atom is -0.489 e. The van der Waals surface area contributed by atoms with Crippen molar-refractivity contribution in [3.05, 3.63) is 18.2 Å². The van der Waals surface area contributed by atoms with E-state index in [0.29, 0.717) is 18.2 Å². The molecule has 0 fully saturated rings. The fourth-order valence-electron chi connectivity index (χ4n) is 1.73. The Morgan fingerprint density at radius 1 is 1.15 bits per heavy atom. The van der Waals surface area contributed by atoms with E-state index in [9.17, 15) is 0 Å². The van der Waals surface area contributed by atoms with Crippen LogP contribution in [0.25, 0.3) is 0 Å². The van der Waals surface area contributed by atoms with Crippen LogP contribution in [0.2, 0.25) is 0 Å². The lowest BCUT2D eigenvalue weighted by Gasteiger charge is -2.16. The third-order valence-electron chi connectivity index (χ3n) is 2.83. The molecule has 0 aliphatic carbocycles. The molecule has 0 unspecified atom stereocenters. The second-order valence-electron chi connectivity index (χ2n) is 5.61. The van der Waals surface area contributed by atoms with E-state index in [1.54, 1.807) is 0 Å². The second-order valence-corrected chi connectivity index (χ2v) is 5.61. The molecule has 1 aromatic carbocycles. The molecule has 0 radical (unpaired) electrons. The molecule has 114 valence electrons. The summed E-state index contributed by atoms with van der Waals surface area (Å²) in [4.78, 5) is 0. The molecule has 0 saturated heterocycles. The van der Waals surface area contributed by atoms with Gasteiger partial charge in [-0.2, -0.15) is 0 Å². The number of hydrogen-bond donors (Lipinski definition) is 2. The summed E-state index contributed by atoms with van der Waals surface area (Å²) in [6.07, 6.45) is 1.21. The molecule has 0 amide bonds. The summed E-state index contributed by atoms with van der Waals surface area (Å²) >= 11 is 0. The number of nitrogen functional groups attached to an aromatic ring is 1. The number of hydrogen-bond acceptors (Lipinski definition) is 4. The molecule has 0 saturated carbocycles. The highest BCUT2D eigenvalue weighted by Gasteiger charge is 2.07. The van der Waals surface area contributed by atoms with Crippen molar-refractivity contribution in [2.75, 3.05) is 30.8 Å². The van der Waals surface area contributed by atoms with Gasteiger partial charge in [-0.1, -0.05) is 19.9 Å². The molecule has 20 heavy (non-hydrogen) atoms. The van der Waals surface area contributed by atoms with E-state index in [1.165, 1.54) is 0 Å². The van der Waals surface area contributed by atoms with E-state index in [4.69, 9.17) is 15.2 Å². The third-order valence-corrected chi connectivity index (χ3v) is 2.83. The monoisotopic (exact) mass is 280 g/mol. The highest BCUT2D eigenvalue weighted by molar-refractivity contribution is 5.72. The molecule has 3 N–H and O–H groups in total. The first-order valence-electron chi connectivity index (χ1n) is 7.37. The van der Waals surface area contributed by atoms with Crippen molar-refractivity contribution in [2.45, 2.75) is 40.2 Å². The molecule has 0 aromatic heterocycles. The Labute approximate surface area is 122 Å². The summed E-state index contributed by atoms with van der Waals surface area (Å²) in [6.45, 7) is 10.6. The number of benzene rings is 1. The first-order chi connectivity index (χ1) is 9.50. The molecule has 0 aliphatic heterocycles. The topological polar surface area (TPSA) is 56.5 Å². The summed E-state index contributed by atoms with van der Waals surface area (Å²) in [5.41, 5.74) is 7.64. The summed E-state index contributed by atoms with van der Waals surface area (Å²) in [6, 6.07) is 5.78. The van der Waals surface area contributed by atoms with E-state index in [0.717, 1.165) is 31.0 Å². The van der Waals surface area contributed by atoms with Crippen LogP contribution in [-0.2, 0) is 4.74 Å². The predicted molar refractivity (Wildman–Crippen MR) is 85.4 cm³/mol. The van der Waals surface area contributed by atoms with Gasteiger partial charge in [0.25, 0.3) is 0 Å². The van der Waals surface area contributed by atoms with Crippen molar-refractivity contribution in [2.24, 2.45) is 5.92 Å². The summed E-state index contributed by atoms with van der Waals surface area (Å²) in [5.74, 6) is 1.41. The van der Waals surface area contributed by atoms with Crippen LogP contribution in [0.15, 0.2) is 18.2 Å². The van der Waals surface area contributed by atoms with Gasteiger partial charge in [-0.25, -0.2) is 0 Å². The van der Waals surface area contributed by atoms with Crippen LogP contribution < -0.4 is 15.8 Å². The fourth-order valence-corrected chi connectivity index (χ4v) is 1.73. The Morgan fingerprint density at radius 3 is 2.55 bits per heavy atom. The second kappa shape index (κ2) is 8.69. The zero-order valence-corrected chi connectivity index (χ0v) is 13.1. The van der Waals surface area contributed by atoms with Gasteiger partial charge in [0.2, 0.25) is 0 Å². The Bertz CT molecular complexity index is 392. The molecule has 0 aliphatic rings. The zero-order valence-electron chi connectivity index (χ0n) is 13.1. The van der Waals surface area contributed by atoms with E-state index >= 15 is 0 Å². The van der Waals surface area contributed by atoms with Gasteiger partial charge in [0.15, 0.2) is 0 Å². The normalized spacial score (nSPS) is 11.1. The fraction of sp³-hybridized carbons (Fsp3) is 0.625. The van der Waals surface area contributed by atoms with Crippen LogP contribution in [0.3, 0.4) is 0 Å². The molecule has 4 heteroatoms. The number of rotatable bonds is 9. The van der Waals surface area contributed by atoms with Crippen molar-refractivity contribution < 1.29 is 9.47 Å². The van der Waals surface area contributed by atoms with Crippen molar-refractivity contribution >= 4 is 11.4 Å². The molecule has 0 bridgehead atoms. The highest BCUT2D eigenvalue weighted by Crippen LogP contribution is 2.29. The molecule has 4 nitrogen and oxygen atoms in total. The smallest absolute Gasteiger partial charge is 0.144 e. The van der Waals surface area contributed by atoms with Crippen LogP contribution in [0, 0.1) is 5.92 Å². The van der Waals surface area contributed by atoms with Gasteiger partial charge in [0.05, 0.1) is 24.1 Å². The van der Waals surface area contributed by atoms with E-state index in [-0.39, 0.29) is 6.10 Å². The van der Waals surface area contributed by atoms with Crippen molar-refractivity contribution in [3.63, 3.8) is 0 Å². The number of ether oxygens (including phenoxy) is 2. The number of anilines is 2. The van der Waals surface area contributed by atoms with Crippen LogP contribution in [0.4, 0.5) is 11.4 Å². The Balaban J connectivity index is 2.36. The third kappa shape index (κ3) is 6.15. The number of nitrogens with two attached hydrogens (primary N) is 1. The van der Waals surface area contributed by atoms with Crippen LogP contribution in [-0.4, -0.2) is 25.9 Å². The molecular formula is C16H28N2O2. The molecule has 0 spiro atoms. The molecule has 0 heterocycles. The Morgan fingerprint density at radius 2 is 1.90 bits per heavy atom. The van der Waals surface area contributed by atoms with E-state index < -0.39 is 0 Å². The average Bonchev–Trinajstić information content (AvgIpc) is 2.36. The lowest BCUT2D eigenvalue weighted by molar-refractivity contribution is 0.132. The maximum absolute atomic E-state index is 6.08. The number of nitrogens with one attached hydrogen (secondary N) is 1. The Kier molecular flexibility index (Phi) is 7.23. The van der Waals surface area contributed by atoms with Gasteiger partial charge in [-0.15, -0.1) is 0 Å². The van der Waals surface area contributed by atoms with Gasteiger partial charge >= 0.3 is 0 Å². The molecule has 1 aromatic rings. The number of para-hydroxylation sites is 1. The first kappa shape index (κ1) is 16.6. The van der Waals surface area contributed by atoms with Gasteiger partial charge in [-0.3, -0.25) is 0 Å². The zero-order chi connectivity index (χ0) is 15.0. The quantitative estimate of drug-likeness (QED) is 0.536. The highest BCUT2D eigenvalue weighted by atomic mass is 16.5. The van der Waals surface area contributed by atoms with E-state index in [1.807, 2.05) is 32.0 Å². The van der Waals surface area contributed by atoms with Crippen molar-refractivity contribution in [1.82, 2.24) is 0 Å².